The van der Waals surface area contributed by atoms with Crippen molar-refractivity contribution in [2.75, 3.05) is 7.05 Å². The monoisotopic (exact) mass is 278 g/mol. The van der Waals surface area contributed by atoms with E-state index < -0.39 is 0 Å². The van der Waals surface area contributed by atoms with Crippen molar-refractivity contribution < 1.29 is 4.39 Å². The molecule has 1 heterocycles. The molecule has 0 aliphatic heterocycles. The minimum atomic E-state index is -0.215. The molecule has 0 amide bonds. The van der Waals surface area contributed by atoms with Gasteiger partial charge in [0.15, 0.2) is 0 Å². The van der Waals surface area contributed by atoms with Gasteiger partial charge >= 0.3 is 0 Å². The van der Waals surface area contributed by atoms with Crippen LogP contribution in [0.15, 0.2) is 41.1 Å². The summed E-state index contributed by atoms with van der Waals surface area (Å²) in [4.78, 5) is 2.21. The van der Waals surface area contributed by atoms with Crippen molar-refractivity contribution in [3.05, 3.63) is 58.0 Å². The number of halogens is 1. The Labute approximate surface area is 117 Å². The Balaban J connectivity index is 2.17. The lowest BCUT2D eigenvalue weighted by Gasteiger charge is -2.31. The van der Waals surface area contributed by atoms with E-state index in [4.69, 9.17) is 5.73 Å². The van der Waals surface area contributed by atoms with E-state index in [0.717, 1.165) is 12.1 Å². The van der Waals surface area contributed by atoms with E-state index in [9.17, 15) is 4.39 Å². The van der Waals surface area contributed by atoms with Gasteiger partial charge in [0, 0.05) is 18.6 Å². The lowest BCUT2D eigenvalue weighted by Crippen LogP contribution is -2.36. The van der Waals surface area contributed by atoms with E-state index >= 15 is 0 Å². The summed E-state index contributed by atoms with van der Waals surface area (Å²) in [6.07, 6.45) is 0. The fourth-order valence-corrected chi connectivity index (χ4v) is 3.05. The van der Waals surface area contributed by atoms with Crippen molar-refractivity contribution in [1.29, 1.82) is 0 Å². The Hall–Kier alpha value is -1.23. The molecule has 0 saturated heterocycles. The Morgan fingerprint density at radius 3 is 2.47 bits per heavy atom. The molecule has 2 nitrogen and oxygen atoms in total. The highest BCUT2D eigenvalue weighted by Gasteiger charge is 2.21. The lowest BCUT2D eigenvalue weighted by atomic mass is 9.99. The molecule has 0 fully saturated rings. The van der Waals surface area contributed by atoms with Gasteiger partial charge in [-0.1, -0.05) is 12.1 Å². The third-order valence-corrected chi connectivity index (χ3v) is 3.93. The molecule has 2 rings (SSSR count). The number of hydrogen-bond acceptors (Lipinski definition) is 3. The van der Waals surface area contributed by atoms with E-state index in [-0.39, 0.29) is 17.9 Å². The summed E-state index contributed by atoms with van der Waals surface area (Å²) in [5.74, 6) is -0.215. The third kappa shape index (κ3) is 3.62. The molecule has 2 aromatic rings. The molecule has 2 N–H and O–H groups in total. The van der Waals surface area contributed by atoms with Crippen LogP contribution in [0.3, 0.4) is 0 Å². The summed E-state index contributed by atoms with van der Waals surface area (Å²) >= 11 is 1.69. The minimum Gasteiger partial charge on any atom is -0.326 e. The first-order valence-corrected chi connectivity index (χ1v) is 7.24. The minimum absolute atomic E-state index is 0.0194. The van der Waals surface area contributed by atoms with Gasteiger partial charge in [-0.05, 0) is 54.1 Å². The first-order valence-electron chi connectivity index (χ1n) is 6.30. The molecule has 102 valence electrons. The zero-order chi connectivity index (χ0) is 13.8. The molecular weight excluding hydrogens is 259 g/mol. The fraction of sp³-hybridized carbons (Fsp3) is 0.333. The average Bonchev–Trinajstić information content (AvgIpc) is 2.84. The number of likely N-dealkylation sites (N-methyl/N-ethyl adjacent to an activating group) is 1. The van der Waals surface area contributed by atoms with Crippen LogP contribution in [-0.2, 0) is 6.54 Å². The molecule has 1 aromatic heterocycles. The first kappa shape index (κ1) is 14.2. The van der Waals surface area contributed by atoms with Crippen molar-refractivity contribution in [2.24, 2.45) is 5.73 Å². The van der Waals surface area contributed by atoms with Gasteiger partial charge in [0.25, 0.3) is 0 Å². The van der Waals surface area contributed by atoms with Crippen molar-refractivity contribution in [1.82, 2.24) is 4.90 Å². The van der Waals surface area contributed by atoms with Crippen molar-refractivity contribution in [3.63, 3.8) is 0 Å². The molecule has 0 aliphatic rings. The van der Waals surface area contributed by atoms with Crippen LogP contribution in [-0.4, -0.2) is 18.0 Å². The number of hydrogen-bond donors (Lipinski definition) is 1. The number of thiophene rings is 1. The van der Waals surface area contributed by atoms with Crippen molar-refractivity contribution in [3.8, 4) is 0 Å². The molecule has 2 unspecified atom stereocenters. The standard InChI is InChI=1S/C15H19FN2S/c1-11(17)15(13-3-5-14(16)6-4-13)18(2)9-12-7-8-19-10-12/h3-8,10-11,15H,9,17H2,1-2H3. The van der Waals surface area contributed by atoms with Crippen molar-refractivity contribution >= 4 is 11.3 Å². The summed E-state index contributed by atoms with van der Waals surface area (Å²) in [7, 11) is 2.05. The summed E-state index contributed by atoms with van der Waals surface area (Å²) in [6.45, 7) is 2.82. The molecule has 0 aliphatic carbocycles. The SMILES string of the molecule is CC(N)C(c1ccc(F)cc1)N(C)Cc1ccsc1. The predicted molar refractivity (Wildman–Crippen MR) is 78.6 cm³/mol. The van der Waals surface area contributed by atoms with Gasteiger partial charge < -0.3 is 5.73 Å². The third-order valence-electron chi connectivity index (χ3n) is 3.20. The van der Waals surface area contributed by atoms with Crippen LogP contribution in [0.1, 0.15) is 24.1 Å². The zero-order valence-corrected chi connectivity index (χ0v) is 12.0. The fourth-order valence-electron chi connectivity index (χ4n) is 2.39. The second-order valence-corrected chi connectivity index (χ2v) is 5.68. The topological polar surface area (TPSA) is 29.3 Å². The summed E-state index contributed by atoms with van der Waals surface area (Å²) in [6, 6.07) is 8.78. The highest BCUT2D eigenvalue weighted by Crippen LogP contribution is 2.24. The smallest absolute Gasteiger partial charge is 0.123 e. The lowest BCUT2D eigenvalue weighted by molar-refractivity contribution is 0.211. The zero-order valence-electron chi connectivity index (χ0n) is 11.2. The van der Waals surface area contributed by atoms with E-state index in [0.29, 0.717) is 0 Å². The van der Waals surface area contributed by atoms with Crippen molar-refractivity contribution in [2.45, 2.75) is 25.6 Å². The van der Waals surface area contributed by atoms with Crippen LogP contribution in [0.5, 0.6) is 0 Å². The number of nitrogens with zero attached hydrogens (tertiary/aromatic N) is 1. The van der Waals surface area contributed by atoms with E-state index in [1.807, 2.05) is 19.1 Å². The van der Waals surface area contributed by atoms with Crippen LogP contribution < -0.4 is 5.73 Å². The van der Waals surface area contributed by atoms with Crippen LogP contribution in [0.2, 0.25) is 0 Å². The molecular formula is C15H19FN2S. The number of nitrogens with two attached hydrogens (primary N) is 1. The van der Waals surface area contributed by atoms with Gasteiger partial charge in [0.1, 0.15) is 5.82 Å². The van der Waals surface area contributed by atoms with Gasteiger partial charge in [-0.2, -0.15) is 11.3 Å². The van der Waals surface area contributed by atoms with Gasteiger partial charge in [-0.3, -0.25) is 4.90 Å². The Bertz CT molecular complexity index is 493. The van der Waals surface area contributed by atoms with E-state index in [1.165, 1.54) is 17.7 Å². The summed E-state index contributed by atoms with van der Waals surface area (Å²) in [5, 5.41) is 4.21. The average molecular weight is 278 g/mol. The number of benzene rings is 1. The maximum atomic E-state index is 13.0. The molecule has 1 aromatic carbocycles. The summed E-state index contributed by atoms with van der Waals surface area (Å²) in [5.41, 5.74) is 8.43. The van der Waals surface area contributed by atoms with E-state index in [2.05, 4.69) is 28.8 Å². The molecule has 2 atom stereocenters. The molecule has 0 bridgehead atoms. The molecule has 0 spiro atoms. The van der Waals surface area contributed by atoms with E-state index in [1.54, 1.807) is 11.3 Å². The molecule has 19 heavy (non-hydrogen) atoms. The molecule has 4 heteroatoms. The van der Waals surface area contributed by atoms with Gasteiger partial charge in [0.2, 0.25) is 0 Å². The maximum absolute atomic E-state index is 13.0. The predicted octanol–water partition coefficient (Wildman–Crippen LogP) is 3.41. The van der Waals surface area contributed by atoms with Crippen LogP contribution >= 0.6 is 11.3 Å². The largest absolute Gasteiger partial charge is 0.326 e. The normalized spacial score (nSPS) is 14.6. The highest BCUT2D eigenvalue weighted by molar-refractivity contribution is 7.07. The Kier molecular flexibility index (Phi) is 4.69. The second-order valence-electron chi connectivity index (χ2n) is 4.90. The van der Waals surface area contributed by atoms with Gasteiger partial charge in [-0.25, -0.2) is 4.39 Å². The Morgan fingerprint density at radius 2 is 1.95 bits per heavy atom. The number of rotatable bonds is 5. The Morgan fingerprint density at radius 1 is 1.26 bits per heavy atom. The maximum Gasteiger partial charge on any atom is 0.123 e. The van der Waals surface area contributed by atoms with Crippen LogP contribution in [0.4, 0.5) is 4.39 Å². The second kappa shape index (κ2) is 6.28. The van der Waals surface area contributed by atoms with Crippen LogP contribution in [0, 0.1) is 5.82 Å². The summed E-state index contributed by atoms with van der Waals surface area (Å²) < 4.78 is 13.0. The molecule has 0 saturated carbocycles. The van der Waals surface area contributed by atoms with Gasteiger partial charge in [0.05, 0.1) is 0 Å². The van der Waals surface area contributed by atoms with Gasteiger partial charge in [-0.15, -0.1) is 0 Å². The van der Waals surface area contributed by atoms with Crippen LogP contribution in [0.25, 0.3) is 0 Å². The highest BCUT2D eigenvalue weighted by atomic mass is 32.1. The quantitative estimate of drug-likeness (QED) is 0.908. The first-order chi connectivity index (χ1) is 9.08. The molecule has 0 radical (unpaired) electrons.